The molecule has 1 aromatic carbocycles. The third-order valence-corrected chi connectivity index (χ3v) is 3.91. The zero-order valence-corrected chi connectivity index (χ0v) is 12.9. The van der Waals surface area contributed by atoms with Crippen LogP contribution in [0.2, 0.25) is 0 Å². The van der Waals surface area contributed by atoms with E-state index in [2.05, 4.69) is 0 Å². The van der Waals surface area contributed by atoms with E-state index in [-0.39, 0.29) is 36.0 Å². The molecule has 0 radical (unpaired) electrons. The molecule has 2 rings (SSSR count). The molecule has 2 N–H and O–H groups in total. The Morgan fingerprint density at radius 2 is 2.14 bits per heavy atom. The maximum atomic E-state index is 12.4. The molecule has 6 nitrogen and oxygen atoms in total. The minimum absolute atomic E-state index is 0. The molecule has 1 amide bonds. The van der Waals surface area contributed by atoms with Crippen molar-refractivity contribution in [3.05, 3.63) is 39.4 Å². The van der Waals surface area contributed by atoms with Gasteiger partial charge in [0.2, 0.25) is 0 Å². The molecule has 7 heteroatoms. The van der Waals surface area contributed by atoms with E-state index in [1.165, 1.54) is 6.07 Å². The van der Waals surface area contributed by atoms with Gasteiger partial charge in [0.05, 0.1) is 4.92 Å². The number of carbonyl (C=O) groups is 1. The molecule has 2 unspecified atom stereocenters. The highest BCUT2D eigenvalue weighted by atomic mass is 35.5. The molecule has 1 saturated heterocycles. The van der Waals surface area contributed by atoms with Gasteiger partial charge in [-0.1, -0.05) is 13.0 Å². The molecule has 0 saturated carbocycles. The average molecular weight is 314 g/mol. The summed E-state index contributed by atoms with van der Waals surface area (Å²) in [7, 11) is 0. The van der Waals surface area contributed by atoms with Gasteiger partial charge in [0.25, 0.3) is 11.6 Å². The Balaban J connectivity index is 0.00000220. The maximum Gasteiger partial charge on any atom is 0.273 e. The number of likely N-dealkylation sites (tertiary alicyclic amines) is 1. The average Bonchev–Trinajstić information content (AvgIpc) is 2.41. The summed E-state index contributed by atoms with van der Waals surface area (Å²) in [4.78, 5) is 24.6. The predicted octanol–water partition coefficient (Wildman–Crippen LogP) is 2.13. The summed E-state index contributed by atoms with van der Waals surface area (Å²) in [6.45, 7) is 4.88. The first kappa shape index (κ1) is 17.4. The SMILES string of the molecule is Cc1ccc(C(=O)N2CCC(N)C(C)C2)cc1[N+](=O)[O-].Cl. The van der Waals surface area contributed by atoms with Crippen molar-refractivity contribution in [3.8, 4) is 0 Å². The highest BCUT2D eigenvalue weighted by Gasteiger charge is 2.27. The van der Waals surface area contributed by atoms with Gasteiger partial charge < -0.3 is 10.6 Å². The van der Waals surface area contributed by atoms with Crippen molar-refractivity contribution >= 4 is 24.0 Å². The minimum Gasteiger partial charge on any atom is -0.338 e. The van der Waals surface area contributed by atoms with Crippen molar-refractivity contribution in [2.75, 3.05) is 13.1 Å². The lowest BCUT2D eigenvalue weighted by atomic mass is 9.94. The number of carbonyl (C=O) groups excluding carboxylic acids is 1. The molecule has 0 aliphatic carbocycles. The molecule has 1 aliphatic rings. The smallest absolute Gasteiger partial charge is 0.273 e. The monoisotopic (exact) mass is 313 g/mol. The lowest BCUT2D eigenvalue weighted by Gasteiger charge is -2.35. The van der Waals surface area contributed by atoms with Crippen molar-refractivity contribution < 1.29 is 9.72 Å². The molecule has 0 aromatic heterocycles. The number of piperidine rings is 1. The van der Waals surface area contributed by atoms with Gasteiger partial charge in [0.1, 0.15) is 0 Å². The first-order valence-corrected chi connectivity index (χ1v) is 6.70. The third kappa shape index (κ3) is 3.71. The van der Waals surface area contributed by atoms with E-state index in [0.717, 1.165) is 6.42 Å². The van der Waals surface area contributed by atoms with Crippen LogP contribution in [0.25, 0.3) is 0 Å². The number of nitrogens with zero attached hydrogens (tertiary/aromatic N) is 2. The fourth-order valence-electron chi connectivity index (χ4n) is 2.47. The Labute approximate surface area is 129 Å². The van der Waals surface area contributed by atoms with E-state index in [4.69, 9.17) is 5.73 Å². The molecule has 1 heterocycles. The quantitative estimate of drug-likeness (QED) is 0.669. The normalized spacial score (nSPS) is 21.6. The predicted molar refractivity (Wildman–Crippen MR) is 82.7 cm³/mol. The van der Waals surface area contributed by atoms with E-state index in [1.807, 2.05) is 6.92 Å². The van der Waals surface area contributed by atoms with Crippen LogP contribution >= 0.6 is 12.4 Å². The number of nitro benzene ring substituents is 1. The largest absolute Gasteiger partial charge is 0.338 e. The summed E-state index contributed by atoms with van der Waals surface area (Å²) >= 11 is 0. The van der Waals surface area contributed by atoms with Gasteiger partial charge in [-0.15, -0.1) is 12.4 Å². The molecule has 116 valence electrons. The Kier molecular flexibility index (Phi) is 5.69. The fourth-order valence-corrected chi connectivity index (χ4v) is 2.47. The van der Waals surface area contributed by atoms with Gasteiger partial charge in [-0.2, -0.15) is 0 Å². The van der Waals surface area contributed by atoms with Crippen LogP contribution in [0.1, 0.15) is 29.3 Å². The topological polar surface area (TPSA) is 89.5 Å². The molecule has 2 atom stereocenters. The van der Waals surface area contributed by atoms with Gasteiger partial charge in [0, 0.05) is 36.3 Å². The maximum absolute atomic E-state index is 12.4. The van der Waals surface area contributed by atoms with E-state index < -0.39 is 4.92 Å². The zero-order valence-electron chi connectivity index (χ0n) is 12.1. The third-order valence-electron chi connectivity index (χ3n) is 3.91. The molecule has 1 aliphatic heterocycles. The van der Waals surface area contributed by atoms with Crippen molar-refractivity contribution in [2.45, 2.75) is 26.3 Å². The standard InChI is InChI=1S/C14H19N3O3.ClH/c1-9-3-4-11(7-13(9)17(19)20)14(18)16-6-5-12(15)10(2)8-16;/h3-4,7,10,12H,5-6,8,15H2,1-2H3;1H. The zero-order chi connectivity index (χ0) is 14.9. The number of nitro groups is 1. The van der Waals surface area contributed by atoms with Gasteiger partial charge >= 0.3 is 0 Å². The van der Waals surface area contributed by atoms with E-state index in [1.54, 1.807) is 24.0 Å². The van der Waals surface area contributed by atoms with Crippen LogP contribution in [0.3, 0.4) is 0 Å². The highest BCUT2D eigenvalue weighted by Crippen LogP contribution is 2.22. The fraction of sp³-hybridized carbons (Fsp3) is 0.500. The molecule has 1 fully saturated rings. The Morgan fingerprint density at radius 1 is 1.48 bits per heavy atom. The number of rotatable bonds is 2. The van der Waals surface area contributed by atoms with Gasteiger partial charge in [-0.05, 0) is 25.3 Å². The molecular weight excluding hydrogens is 294 g/mol. The van der Waals surface area contributed by atoms with Crippen LogP contribution in [0.15, 0.2) is 18.2 Å². The van der Waals surface area contributed by atoms with Crippen molar-refractivity contribution in [1.29, 1.82) is 0 Å². The van der Waals surface area contributed by atoms with Gasteiger partial charge in [-0.3, -0.25) is 14.9 Å². The summed E-state index contributed by atoms with van der Waals surface area (Å²) in [5.74, 6) is 0.0833. The van der Waals surface area contributed by atoms with Crippen LogP contribution in [-0.2, 0) is 0 Å². The second-order valence-electron chi connectivity index (χ2n) is 5.44. The highest BCUT2D eigenvalue weighted by molar-refractivity contribution is 5.95. The summed E-state index contributed by atoms with van der Waals surface area (Å²) < 4.78 is 0. The van der Waals surface area contributed by atoms with Crippen LogP contribution in [0.5, 0.6) is 0 Å². The lowest BCUT2D eigenvalue weighted by molar-refractivity contribution is -0.385. The second-order valence-corrected chi connectivity index (χ2v) is 5.44. The number of amides is 1. The Bertz CT molecular complexity index is 550. The first-order valence-electron chi connectivity index (χ1n) is 6.70. The number of aryl methyl sites for hydroxylation is 1. The summed E-state index contributed by atoms with van der Waals surface area (Å²) in [5, 5.41) is 10.9. The molecule has 21 heavy (non-hydrogen) atoms. The number of hydrogen-bond donors (Lipinski definition) is 1. The van der Waals surface area contributed by atoms with Gasteiger partial charge in [0.15, 0.2) is 0 Å². The molecule has 0 spiro atoms. The van der Waals surface area contributed by atoms with Crippen molar-refractivity contribution in [3.63, 3.8) is 0 Å². The van der Waals surface area contributed by atoms with Crippen LogP contribution in [0, 0.1) is 23.0 Å². The van der Waals surface area contributed by atoms with Crippen LogP contribution in [-0.4, -0.2) is 34.9 Å². The van der Waals surface area contributed by atoms with Gasteiger partial charge in [-0.25, -0.2) is 0 Å². The first-order chi connectivity index (χ1) is 9.40. The van der Waals surface area contributed by atoms with E-state index in [0.29, 0.717) is 24.2 Å². The lowest BCUT2D eigenvalue weighted by Crippen LogP contribution is -2.48. The second kappa shape index (κ2) is 6.87. The number of hydrogen-bond acceptors (Lipinski definition) is 4. The summed E-state index contributed by atoms with van der Waals surface area (Å²) in [6.07, 6.45) is 0.765. The van der Waals surface area contributed by atoms with Crippen LogP contribution < -0.4 is 5.73 Å². The molecule has 0 bridgehead atoms. The molecule has 1 aromatic rings. The minimum atomic E-state index is -0.457. The number of nitrogens with two attached hydrogens (primary N) is 1. The van der Waals surface area contributed by atoms with Crippen molar-refractivity contribution in [1.82, 2.24) is 4.90 Å². The number of benzene rings is 1. The molecular formula is C14H20ClN3O3. The Hall–Kier alpha value is -1.66. The Morgan fingerprint density at radius 3 is 2.71 bits per heavy atom. The van der Waals surface area contributed by atoms with Crippen LogP contribution in [0.4, 0.5) is 5.69 Å². The van der Waals surface area contributed by atoms with E-state index in [9.17, 15) is 14.9 Å². The van der Waals surface area contributed by atoms with Crippen molar-refractivity contribution in [2.24, 2.45) is 11.7 Å². The summed E-state index contributed by atoms with van der Waals surface area (Å²) in [6, 6.07) is 4.73. The summed E-state index contributed by atoms with van der Waals surface area (Å²) in [5.41, 5.74) is 6.84. The van der Waals surface area contributed by atoms with E-state index >= 15 is 0 Å². The number of halogens is 1.